The zero-order chi connectivity index (χ0) is 27.0. The first-order valence-corrected chi connectivity index (χ1v) is 15.0. The maximum Gasteiger partial charge on any atom is 0.257 e. The summed E-state index contributed by atoms with van der Waals surface area (Å²) in [5, 5.41) is 2.99. The first-order chi connectivity index (χ1) is 18.6. The summed E-state index contributed by atoms with van der Waals surface area (Å²) in [5.41, 5.74) is 4.55. The summed E-state index contributed by atoms with van der Waals surface area (Å²) in [6.07, 6.45) is 16.2. The molecule has 0 radical (unpaired) electrons. The molecule has 0 atom stereocenters. The van der Waals surface area contributed by atoms with E-state index in [9.17, 15) is 4.79 Å². The number of amides is 1. The molecule has 2 aromatic carbocycles. The van der Waals surface area contributed by atoms with E-state index in [0.29, 0.717) is 6.54 Å². The summed E-state index contributed by atoms with van der Waals surface area (Å²) in [6.45, 7) is 8.11. The smallest absolute Gasteiger partial charge is 0.257 e. The molecule has 0 aliphatic carbocycles. The second kappa shape index (κ2) is 16.9. The molecule has 1 heterocycles. The molecule has 0 unspecified atom stereocenters. The van der Waals surface area contributed by atoms with Crippen molar-refractivity contribution in [1.82, 2.24) is 14.9 Å². The molecular weight excluding hydrogens is 470 g/mol. The minimum Gasteiger partial charge on any atom is -0.483 e. The van der Waals surface area contributed by atoms with Crippen LogP contribution in [0.25, 0.3) is 11.0 Å². The summed E-state index contributed by atoms with van der Waals surface area (Å²) in [6, 6.07) is 14.6. The number of unbranched alkanes of at least 4 members (excludes halogenated alkanes) is 10. The number of fused-ring (bicyclic) bond motifs is 1. The average molecular weight is 520 g/mol. The van der Waals surface area contributed by atoms with Gasteiger partial charge in [-0.25, -0.2) is 4.98 Å². The lowest BCUT2D eigenvalue weighted by Crippen LogP contribution is -2.29. The second-order valence-corrected chi connectivity index (χ2v) is 10.7. The van der Waals surface area contributed by atoms with Crippen molar-refractivity contribution in [2.24, 2.45) is 0 Å². The lowest BCUT2D eigenvalue weighted by atomic mass is 10.1. The number of nitrogens with zero attached hydrogens (tertiary/aromatic N) is 2. The van der Waals surface area contributed by atoms with Crippen molar-refractivity contribution in [3.05, 3.63) is 59.4 Å². The number of aryl methyl sites for hydroxylation is 4. The van der Waals surface area contributed by atoms with Gasteiger partial charge in [0.05, 0.1) is 11.0 Å². The van der Waals surface area contributed by atoms with Gasteiger partial charge in [-0.05, 0) is 62.4 Å². The van der Waals surface area contributed by atoms with Crippen LogP contribution >= 0.6 is 0 Å². The summed E-state index contributed by atoms with van der Waals surface area (Å²) in [4.78, 5) is 17.1. The number of imidazole rings is 1. The van der Waals surface area contributed by atoms with E-state index in [1.165, 1.54) is 69.1 Å². The third kappa shape index (κ3) is 10.2. The van der Waals surface area contributed by atoms with Gasteiger partial charge in [0.2, 0.25) is 0 Å². The Labute approximate surface area is 230 Å². The van der Waals surface area contributed by atoms with Crippen molar-refractivity contribution >= 4 is 16.9 Å². The Morgan fingerprint density at radius 3 is 2.37 bits per heavy atom. The molecular formula is C33H49N3O2. The lowest BCUT2D eigenvalue weighted by molar-refractivity contribution is -0.123. The van der Waals surface area contributed by atoms with Gasteiger partial charge in [0, 0.05) is 19.5 Å². The average Bonchev–Trinajstić information content (AvgIpc) is 3.27. The monoisotopic (exact) mass is 519 g/mol. The summed E-state index contributed by atoms with van der Waals surface area (Å²) >= 11 is 0. The van der Waals surface area contributed by atoms with Crippen molar-refractivity contribution in [1.29, 1.82) is 0 Å². The number of aromatic nitrogens is 2. The Balaban J connectivity index is 1.34. The molecule has 3 rings (SSSR count). The lowest BCUT2D eigenvalue weighted by Gasteiger charge is -2.11. The highest BCUT2D eigenvalue weighted by Gasteiger charge is 2.10. The van der Waals surface area contributed by atoms with Crippen molar-refractivity contribution in [3.8, 4) is 5.75 Å². The van der Waals surface area contributed by atoms with Gasteiger partial charge in [-0.1, -0.05) is 89.0 Å². The molecule has 3 aromatic rings. The van der Waals surface area contributed by atoms with Crippen LogP contribution in [0.4, 0.5) is 0 Å². The van der Waals surface area contributed by atoms with Gasteiger partial charge < -0.3 is 14.6 Å². The Hall–Kier alpha value is -2.82. The highest BCUT2D eigenvalue weighted by Crippen LogP contribution is 2.20. The number of hydrogen-bond donors (Lipinski definition) is 1. The first-order valence-electron chi connectivity index (χ1n) is 15.0. The molecule has 0 bridgehead atoms. The van der Waals surface area contributed by atoms with E-state index in [-0.39, 0.29) is 12.5 Å². The van der Waals surface area contributed by atoms with Gasteiger partial charge in [0.15, 0.2) is 6.61 Å². The minimum absolute atomic E-state index is 0.0614. The van der Waals surface area contributed by atoms with Crippen LogP contribution in [0, 0.1) is 13.8 Å². The van der Waals surface area contributed by atoms with Crippen molar-refractivity contribution in [3.63, 3.8) is 0 Å². The predicted molar refractivity (Wildman–Crippen MR) is 159 cm³/mol. The highest BCUT2D eigenvalue weighted by atomic mass is 16.5. The van der Waals surface area contributed by atoms with Gasteiger partial charge in [-0.2, -0.15) is 0 Å². The molecule has 0 spiro atoms. The summed E-state index contributed by atoms with van der Waals surface area (Å²) < 4.78 is 8.16. The third-order valence-corrected chi connectivity index (χ3v) is 7.32. The number of hydrogen-bond acceptors (Lipinski definition) is 3. The standard InChI is InChI=1S/C33H49N3O2/c1-4-5-6-7-8-9-10-11-17-24-36-30-19-15-14-18-29(30)35-32(36)20-13-12-16-23-34-33(37)26-38-31-25-27(2)21-22-28(31)3/h14-15,18-19,21-22,25H,4-13,16-17,20,23-24,26H2,1-3H3,(H,34,37). The third-order valence-electron chi connectivity index (χ3n) is 7.32. The molecule has 0 saturated heterocycles. The number of rotatable bonds is 19. The Kier molecular flexibility index (Phi) is 13.2. The van der Waals surface area contributed by atoms with Crippen LogP contribution < -0.4 is 10.1 Å². The fourth-order valence-electron chi connectivity index (χ4n) is 5.02. The number of carbonyl (C=O) groups is 1. The molecule has 38 heavy (non-hydrogen) atoms. The maximum atomic E-state index is 12.2. The molecule has 0 aliphatic rings. The van der Waals surface area contributed by atoms with E-state index < -0.39 is 0 Å². The molecule has 208 valence electrons. The largest absolute Gasteiger partial charge is 0.483 e. The fourth-order valence-corrected chi connectivity index (χ4v) is 5.02. The SMILES string of the molecule is CCCCCCCCCCCn1c(CCCCCNC(=O)COc2cc(C)ccc2C)nc2ccccc21. The second-order valence-electron chi connectivity index (χ2n) is 10.7. The molecule has 1 amide bonds. The van der Waals surface area contributed by atoms with Gasteiger partial charge in [0.1, 0.15) is 11.6 Å². The van der Waals surface area contributed by atoms with Crippen molar-refractivity contribution in [2.75, 3.05) is 13.2 Å². The Morgan fingerprint density at radius 2 is 1.58 bits per heavy atom. The number of carbonyl (C=O) groups excluding carboxylic acids is 1. The van der Waals surface area contributed by atoms with Crippen LogP contribution in [0.2, 0.25) is 0 Å². The fraction of sp³-hybridized carbons (Fsp3) is 0.576. The van der Waals surface area contributed by atoms with Crippen LogP contribution in [-0.4, -0.2) is 28.6 Å². The minimum atomic E-state index is -0.0614. The van der Waals surface area contributed by atoms with Crippen LogP contribution in [0.3, 0.4) is 0 Å². The normalized spacial score (nSPS) is 11.2. The van der Waals surface area contributed by atoms with Crippen LogP contribution in [0.5, 0.6) is 5.75 Å². The van der Waals surface area contributed by atoms with Gasteiger partial charge in [-0.3, -0.25) is 4.79 Å². The molecule has 0 fully saturated rings. The van der Waals surface area contributed by atoms with Crippen molar-refractivity contribution < 1.29 is 9.53 Å². The van der Waals surface area contributed by atoms with Gasteiger partial charge in [0.25, 0.3) is 5.91 Å². The quantitative estimate of drug-likeness (QED) is 0.163. The zero-order valence-corrected chi connectivity index (χ0v) is 24.1. The van der Waals surface area contributed by atoms with E-state index >= 15 is 0 Å². The van der Waals surface area contributed by atoms with E-state index in [2.05, 4.69) is 47.1 Å². The Bertz CT molecular complexity index is 1100. The highest BCUT2D eigenvalue weighted by molar-refractivity contribution is 5.77. The first kappa shape index (κ1) is 29.7. The molecule has 5 nitrogen and oxygen atoms in total. The molecule has 0 saturated carbocycles. The summed E-state index contributed by atoms with van der Waals surface area (Å²) in [7, 11) is 0. The number of nitrogens with one attached hydrogen (secondary N) is 1. The van der Waals surface area contributed by atoms with Crippen molar-refractivity contribution in [2.45, 2.75) is 111 Å². The predicted octanol–water partition coefficient (Wildman–Crippen LogP) is 8.09. The Morgan fingerprint density at radius 1 is 0.868 bits per heavy atom. The topological polar surface area (TPSA) is 56.2 Å². The summed E-state index contributed by atoms with van der Waals surface area (Å²) in [5.74, 6) is 1.93. The van der Waals surface area contributed by atoms with E-state index in [1.807, 2.05) is 26.0 Å². The van der Waals surface area contributed by atoms with Gasteiger partial charge >= 0.3 is 0 Å². The molecule has 1 N–H and O–H groups in total. The zero-order valence-electron chi connectivity index (χ0n) is 24.1. The van der Waals surface area contributed by atoms with Crippen LogP contribution in [-0.2, 0) is 17.8 Å². The maximum absolute atomic E-state index is 12.2. The molecule has 1 aromatic heterocycles. The molecule has 5 heteroatoms. The number of benzene rings is 2. The van der Waals surface area contributed by atoms with E-state index in [0.717, 1.165) is 54.6 Å². The van der Waals surface area contributed by atoms with Gasteiger partial charge in [-0.15, -0.1) is 0 Å². The number of para-hydroxylation sites is 2. The van der Waals surface area contributed by atoms with E-state index in [4.69, 9.17) is 9.72 Å². The molecule has 0 aliphatic heterocycles. The number of ether oxygens (including phenoxy) is 1. The van der Waals surface area contributed by atoms with Crippen LogP contribution in [0.15, 0.2) is 42.5 Å². The van der Waals surface area contributed by atoms with E-state index in [1.54, 1.807) is 0 Å². The van der Waals surface area contributed by atoms with Crippen LogP contribution in [0.1, 0.15) is 101 Å².